The lowest BCUT2D eigenvalue weighted by Gasteiger charge is -2.35. The van der Waals surface area contributed by atoms with Crippen molar-refractivity contribution in [2.24, 2.45) is 0 Å². The molecule has 6 rings (SSSR count). The van der Waals surface area contributed by atoms with E-state index in [0.29, 0.717) is 56.1 Å². The lowest BCUT2D eigenvalue weighted by atomic mass is 9.92. The van der Waals surface area contributed by atoms with E-state index in [9.17, 15) is 10.1 Å². The number of hydrogen-bond donors (Lipinski definition) is 2. The molecule has 2 atom stereocenters. The van der Waals surface area contributed by atoms with Gasteiger partial charge in [0.25, 0.3) is 0 Å². The summed E-state index contributed by atoms with van der Waals surface area (Å²) in [5.74, 6) is -0.292. The van der Waals surface area contributed by atoms with Crippen LogP contribution in [0.1, 0.15) is 18.4 Å². The van der Waals surface area contributed by atoms with Gasteiger partial charge in [0.15, 0.2) is 11.6 Å². The van der Waals surface area contributed by atoms with Crippen molar-refractivity contribution >= 4 is 44.4 Å². The zero-order chi connectivity index (χ0) is 29.9. The number of anilines is 1. The van der Waals surface area contributed by atoms with Gasteiger partial charge in [-0.3, -0.25) is 5.32 Å². The molecule has 1 aliphatic carbocycles. The molecule has 0 bridgehead atoms. The summed E-state index contributed by atoms with van der Waals surface area (Å²) in [6, 6.07) is 8.31. The van der Waals surface area contributed by atoms with Crippen molar-refractivity contribution in [2.75, 3.05) is 25.6 Å². The highest BCUT2D eigenvalue weighted by molar-refractivity contribution is 7.21. The second kappa shape index (κ2) is 12.0. The van der Waals surface area contributed by atoms with Gasteiger partial charge in [0.2, 0.25) is 5.88 Å². The average Bonchev–Trinajstić information content (AvgIpc) is 3.43. The third-order valence-electron chi connectivity index (χ3n) is 6.52. The van der Waals surface area contributed by atoms with Gasteiger partial charge in [-0.1, -0.05) is 0 Å². The van der Waals surface area contributed by atoms with E-state index < -0.39 is 24.1 Å². The van der Waals surface area contributed by atoms with Crippen molar-refractivity contribution in [1.29, 1.82) is 5.26 Å². The summed E-state index contributed by atoms with van der Waals surface area (Å²) in [5, 5.41) is 21.4. The number of benzene rings is 2. The number of nitrogens with one attached hydrogen (secondary N) is 1. The molecular formula is C28H22FN7O6S. The van der Waals surface area contributed by atoms with E-state index in [4.69, 9.17) is 24.1 Å². The van der Waals surface area contributed by atoms with E-state index in [1.165, 1.54) is 43.1 Å². The molecule has 0 radical (unpaired) electrons. The Morgan fingerprint density at radius 1 is 1.12 bits per heavy atom. The first kappa shape index (κ1) is 27.9. The number of ether oxygens (including phenoxy) is 4. The third-order valence-corrected chi connectivity index (χ3v) is 7.57. The molecular weight excluding hydrogens is 581 g/mol. The Labute approximate surface area is 246 Å². The van der Waals surface area contributed by atoms with Crippen molar-refractivity contribution < 1.29 is 33.2 Å². The van der Waals surface area contributed by atoms with E-state index in [1.807, 2.05) is 0 Å². The first-order chi connectivity index (χ1) is 20.9. The van der Waals surface area contributed by atoms with Gasteiger partial charge in [0, 0.05) is 17.7 Å². The fraction of sp³-hybridized carbons (Fsp3) is 0.250. The van der Waals surface area contributed by atoms with Crippen LogP contribution < -0.4 is 19.5 Å². The maximum atomic E-state index is 15.1. The zero-order valence-electron chi connectivity index (χ0n) is 22.5. The van der Waals surface area contributed by atoms with E-state index in [-0.39, 0.29) is 30.7 Å². The molecule has 218 valence electrons. The third kappa shape index (κ3) is 5.92. The molecule has 3 aromatic heterocycles. The minimum absolute atomic E-state index is 0.00781. The smallest absolute Gasteiger partial charge is 0.412 e. The van der Waals surface area contributed by atoms with Gasteiger partial charge in [0.1, 0.15) is 23.8 Å². The fourth-order valence-electron chi connectivity index (χ4n) is 4.32. The lowest BCUT2D eigenvalue weighted by Crippen LogP contribution is -2.45. The van der Waals surface area contributed by atoms with E-state index in [0.717, 1.165) is 0 Å². The molecule has 3 heterocycles. The van der Waals surface area contributed by atoms with Crippen molar-refractivity contribution in [3.63, 3.8) is 0 Å². The highest BCUT2D eigenvalue weighted by atomic mass is 32.1. The largest absolute Gasteiger partial charge is 0.483 e. The predicted molar refractivity (Wildman–Crippen MR) is 152 cm³/mol. The molecule has 2 aromatic carbocycles. The molecule has 2 N–H and O–H groups in total. The number of hydrogen-bond acceptors (Lipinski definition) is 13. The van der Waals surface area contributed by atoms with E-state index in [2.05, 4.69) is 36.3 Å². The topological polar surface area (TPSA) is 174 Å². The first-order valence-corrected chi connectivity index (χ1v) is 13.8. The van der Waals surface area contributed by atoms with Crippen LogP contribution in [0.3, 0.4) is 0 Å². The van der Waals surface area contributed by atoms with Gasteiger partial charge >= 0.3 is 12.1 Å². The molecule has 13 nitrogen and oxygen atoms in total. The van der Waals surface area contributed by atoms with Crippen LogP contribution in [0.15, 0.2) is 42.9 Å². The quantitative estimate of drug-likeness (QED) is 0.245. The van der Waals surface area contributed by atoms with Crippen LogP contribution in [0.2, 0.25) is 0 Å². The summed E-state index contributed by atoms with van der Waals surface area (Å²) in [6.45, 7) is -0.126. The molecule has 0 saturated heterocycles. The Morgan fingerprint density at radius 3 is 2.65 bits per heavy atom. The molecule has 0 unspecified atom stereocenters. The maximum Gasteiger partial charge on any atom is 0.412 e. The Bertz CT molecular complexity index is 1860. The predicted octanol–water partition coefficient (Wildman–Crippen LogP) is 4.25. The van der Waals surface area contributed by atoms with Crippen LogP contribution in [0.5, 0.6) is 17.6 Å². The Hall–Kier alpha value is -5.20. The van der Waals surface area contributed by atoms with E-state index >= 15 is 4.39 Å². The van der Waals surface area contributed by atoms with Crippen LogP contribution in [0.25, 0.3) is 31.8 Å². The summed E-state index contributed by atoms with van der Waals surface area (Å²) in [7, 11) is 1.48. The minimum Gasteiger partial charge on any atom is -0.483 e. The molecule has 43 heavy (non-hydrogen) atoms. The zero-order valence-corrected chi connectivity index (χ0v) is 23.3. The summed E-state index contributed by atoms with van der Waals surface area (Å²) in [6.07, 6.45) is 3.41. The minimum atomic E-state index is -0.735. The molecule has 1 amide bonds. The first-order valence-electron chi connectivity index (χ1n) is 13.0. The molecule has 15 heteroatoms. The Morgan fingerprint density at radius 2 is 1.93 bits per heavy atom. The average molecular weight is 604 g/mol. The number of nitrogens with zero attached hydrogens (tertiary/aromatic N) is 6. The Balaban J connectivity index is 1.16. The number of aliphatic hydroxyl groups is 1. The highest BCUT2D eigenvalue weighted by Gasteiger charge is 2.37. The summed E-state index contributed by atoms with van der Waals surface area (Å²) in [5.41, 5.74) is 2.66. The van der Waals surface area contributed by atoms with Gasteiger partial charge < -0.3 is 24.1 Å². The number of thiazole rings is 1. The van der Waals surface area contributed by atoms with Crippen molar-refractivity contribution in [3.05, 3.63) is 54.2 Å². The molecule has 1 fully saturated rings. The van der Waals surface area contributed by atoms with Gasteiger partial charge in [-0.2, -0.15) is 5.26 Å². The highest BCUT2D eigenvalue weighted by Crippen LogP contribution is 2.38. The molecule has 0 spiro atoms. The van der Waals surface area contributed by atoms with Crippen LogP contribution >= 0.6 is 11.3 Å². The van der Waals surface area contributed by atoms with Crippen LogP contribution in [0, 0.1) is 17.1 Å². The molecule has 1 aliphatic rings. The summed E-state index contributed by atoms with van der Waals surface area (Å²) < 4.78 is 37.4. The SMILES string of the molecule is COc1cnc2c(-c3nc4cc(F)c(O[C@@H]5CC[C@@H]5OC(=O)Nc5cnc(OCCO)nc5)cc4s3)cc(C#N)cc2n1. The molecule has 1 saturated carbocycles. The number of carbonyl (C=O) groups is 1. The van der Waals surface area contributed by atoms with Crippen molar-refractivity contribution in [3.8, 4) is 34.3 Å². The number of fused-ring (bicyclic) bond motifs is 2. The van der Waals surface area contributed by atoms with Crippen LogP contribution in [0.4, 0.5) is 14.9 Å². The van der Waals surface area contributed by atoms with Gasteiger partial charge in [-0.05, 0) is 25.0 Å². The number of aromatic nitrogens is 5. The number of carbonyl (C=O) groups excluding carboxylic acids is 1. The lowest BCUT2D eigenvalue weighted by molar-refractivity contribution is -0.0431. The van der Waals surface area contributed by atoms with Gasteiger partial charge in [-0.15, -0.1) is 11.3 Å². The number of nitriles is 1. The van der Waals surface area contributed by atoms with Crippen LogP contribution in [-0.4, -0.2) is 68.7 Å². The van der Waals surface area contributed by atoms with Crippen LogP contribution in [-0.2, 0) is 4.74 Å². The standard InChI is InChI=1S/C28H22FN7O6S/c1-39-24-13-31-25-16(6-14(10-30)7-19(25)35-24)26-36-18-8-17(29)22(9-23(18)43-26)41-20-2-3-21(20)42-28(38)34-15-11-32-27(33-12-15)40-5-4-37/h6-9,11-13,20-21,37H,2-5H2,1H3,(H,34,38)/t20-,21+/m1/s1. The number of aliphatic hydroxyl groups excluding tert-OH is 1. The van der Waals surface area contributed by atoms with Gasteiger partial charge in [0.05, 0.1) is 70.9 Å². The number of amides is 1. The number of methoxy groups -OCH3 is 1. The fourth-order valence-corrected chi connectivity index (χ4v) is 5.31. The second-order valence-electron chi connectivity index (χ2n) is 9.31. The monoisotopic (exact) mass is 603 g/mol. The summed E-state index contributed by atoms with van der Waals surface area (Å²) in [4.78, 5) is 33.7. The number of rotatable bonds is 9. The van der Waals surface area contributed by atoms with E-state index in [1.54, 1.807) is 18.2 Å². The van der Waals surface area contributed by atoms with Crippen molar-refractivity contribution in [1.82, 2.24) is 24.9 Å². The normalized spacial score (nSPS) is 15.9. The molecule has 5 aromatic rings. The molecule has 0 aliphatic heterocycles. The maximum absolute atomic E-state index is 15.1. The Kier molecular flexibility index (Phi) is 7.77. The van der Waals surface area contributed by atoms with Crippen molar-refractivity contribution in [2.45, 2.75) is 25.0 Å². The number of halogens is 1. The summed E-state index contributed by atoms with van der Waals surface area (Å²) >= 11 is 1.29. The second-order valence-corrected chi connectivity index (χ2v) is 10.3. The van der Waals surface area contributed by atoms with Gasteiger partial charge in [-0.25, -0.2) is 34.1 Å².